The van der Waals surface area contributed by atoms with E-state index in [-0.39, 0.29) is 16.8 Å². The second-order valence-electron chi connectivity index (χ2n) is 7.03. The highest BCUT2D eigenvalue weighted by Gasteiger charge is 2.30. The molecule has 1 atom stereocenters. The second-order valence-corrected chi connectivity index (χ2v) is 8.97. The van der Waals surface area contributed by atoms with Crippen molar-refractivity contribution in [1.82, 2.24) is 9.21 Å². The molecule has 8 heteroatoms. The lowest BCUT2D eigenvalue weighted by Gasteiger charge is -2.33. The maximum absolute atomic E-state index is 12.8. The maximum Gasteiger partial charge on any atom is 0.254 e. The molecule has 2 heterocycles. The molecule has 0 aliphatic carbocycles. The SMILES string of the molecule is CC(N)C1CCN(S(=O)(=O)c2ccc(C(=O)N3CCOCC3)cc2)CC1. The van der Waals surface area contributed by atoms with Gasteiger partial charge in [-0.15, -0.1) is 0 Å². The first kappa shape index (κ1) is 19.3. The molecule has 1 aromatic rings. The molecule has 2 aliphatic heterocycles. The molecule has 0 spiro atoms. The lowest BCUT2D eigenvalue weighted by Crippen LogP contribution is -2.42. The molecule has 2 N–H and O–H groups in total. The summed E-state index contributed by atoms with van der Waals surface area (Å²) in [5.74, 6) is 0.282. The number of amides is 1. The zero-order valence-corrected chi connectivity index (χ0v) is 16.0. The van der Waals surface area contributed by atoms with E-state index in [0.29, 0.717) is 50.9 Å². The van der Waals surface area contributed by atoms with Crippen LogP contribution in [0.2, 0.25) is 0 Å². The van der Waals surface area contributed by atoms with Crippen molar-refractivity contribution < 1.29 is 17.9 Å². The molecular weight excluding hydrogens is 354 g/mol. The topological polar surface area (TPSA) is 92.9 Å². The summed E-state index contributed by atoms with van der Waals surface area (Å²) in [4.78, 5) is 14.4. The number of benzene rings is 1. The lowest BCUT2D eigenvalue weighted by atomic mass is 9.92. The van der Waals surface area contributed by atoms with Gasteiger partial charge in [-0.05, 0) is 49.9 Å². The predicted octanol–water partition coefficient (Wildman–Crippen LogP) is 0.907. The molecule has 0 bridgehead atoms. The summed E-state index contributed by atoms with van der Waals surface area (Å²) in [6.45, 7) is 5.15. The van der Waals surface area contributed by atoms with Gasteiger partial charge in [-0.2, -0.15) is 4.31 Å². The van der Waals surface area contributed by atoms with Crippen LogP contribution in [0.3, 0.4) is 0 Å². The number of nitrogens with two attached hydrogens (primary N) is 1. The molecule has 0 radical (unpaired) electrons. The number of ether oxygens (including phenoxy) is 1. The quantitative estimate of drug-likeness (QED) is 0.837. The van der Waals surface area contributed by atoms with Crippen LogP contribution >= 0.6 is 0 Å². The van der Waals surface area contributed by atoms with Gasteiger partial charge in [0.05, 0.1) is 18.1 Å². The number of hydrogen-bond donors (Lipinski definition) is 1. The summed E-state index contributed by atoms with van der Waals surface area (Å²) in [6.07, 6.45) is 1.56. The van der Waals surface area contributed by atoms with E-state index in [1.54, 1.807) is 17.0 Å². The van der Waals surface area contributed by atoms with E-state index in [1.807, 2.05) is 6.92 Å². The van der Waals surface area contributed by atoms with Gasteiger partial charge in [0.2, 0.25) is 10.0 Å². The van der Waals surface area contributed by atoms with Crippen LogP contribution in [0.1, 0.15) is 30.1 Å². The highest BCUT2D eigenvalue weighted by Crippen LogP contribution is 2.25. The molecule has 2 fully saturated rings. The summed E-state index contributed by atoms with van der Waals surface area (Å²) >= 11 is 0. The molecule has 0 aromatic heterocycles. The Morgan fingerprint density at radius 3 is 2.23 bits per heavy atom. The van der Waals surface area contributed by atoms with Gasteiger partial charge in [0, 0.05) is 37.8 Å². The second kappa shape index (κ2) is 8.04. The third kappa shape index (κ3) is 4.09. The van der Waals surface area contributed by atoms with Crippen LogP contribution in [0.15, 0.2) is 29.2 Å². The van der Waals surface area contributed by atoms with Crippen molar-refractivity contribution in [3.8, 4) is 0 Å². The third-order valence-corrected chi connectivity index (χ3v) is 7.19. The van der Waals surface area contributed by atoms with Crippen molar-refractivity contribution >= 4 is 15.9 Å². The smallest absolute Gasteiger partial charge is 0.254 e. The minimum atomic E-state index is -3.53. The number of morpholine rings is 1. The van der Waals surface area contributed by atoms with Gasteiger partial charge in [-0.25, -0.2) is 8.42 Å². The van der Waals surface area contributed by atoms with E-state index in [4.69, 9.17) is 10.5 Å². The molecule has 2 aliphatic rings. The maximum atomic E-state index is 12.8. The minimum Gasteiger partial charge on any atom is -0.378 e. The van der Waals surface area contributed by atoms with Crippen LogP contribution in [0.4, 0.5) is 0 Å². The van der Waals surface area contributed by atoms with E-state index in [0.717, 1.165) is 12.8 Å². The van der Waals surface area contributed by atoms with Gasteiger partial charge in [-0.1, -0.05) is 0 Å². The predicted molar refractivity (Wildman–Crippen MR) is 98.3 cm³/mol. The number of carbonyl (C=O) groups is 1. The van der Waals surface area contributed by atoms with Crippen LogP contribution in [0.25, 0.3) is 0 Å². The Kier molecular flexibility index (Phi) is 5.96. The number of sulfonamides is 1. The Labute approximate surface area is 155 Å². The van der Waals surface area contributed by atoms with Crippen LogP contribution in [-0.2, 0) is 14.8 Å². The number of piperidine rings is 1. The number of hydrogen-bond acceptors (Lipinski definition) is 5. The molecule has 144 valence electrons. The summed E-state index contributed by atoms with van der Waals surface area (Å²) in [5, 5.41) is 0. The fourth-order valence-electron chi connectivity index (χ4n) is 3.51. The number of rotatable bonds is 4. The molecule has 3 rings (SSSR count). The molecule has 1 aromatic carbocycles. The van der Waals surface area contributed by atoms with Crippen molar-refractivity contribution in [2.24, 2.45) is 11.7 Å². The number of carbonyl (C=O) groups excluding carboxylic acids is 1. The molecular formula is C18H27N3O4S. The van der Waals surface area contributed by atoms with Gasteiger partial charge in [0.15, 0.2) is 0 Å². The van der Waals surface area contributed by atoms with Crippen LogP contribution < -0.4 is 5.73 Å². The first-order valence-corrected chi connectivity index (χ1v) is 10.6. The Bertz CT molecular complexity index is 719. The molecule has 0 saturated carbocycles. The van der Waals surface area contributed by atoms with Gasteiger partial charge >= 0.3 is 0 Å². The monoisotopic (exact) mass is 381 g/mol. The van der Waals surface area contributed by atoms with Crippen molar-refractivity contribution in [3.05, 3.63) is 29.8 Å². The van der Waals surface area contributed by atoms with Gasteiger partial charge < -0.3 is 15.4 Å². The van der Waals surface area contributed by atoms with E-state index >= 15 is 0 Å². The van der Waals surface area contributed by atoms with Crippen molar-refractivity contribution in [2.75, 3.05) is 39.4 Å². The normalized spacial score (nSPS) is 21.5. The van der Waals surface area contributed by atoms with Crippen LogP contribution in [0.5, 0.6) is 0 Å². The average Bonchev–Trinajstić information content (AvgIpc) is 2.68. The zero-order chi connectivity index (χ0) is 18.7. The Morgan fingerprint density at radius 2 is 1.69 bits per heavy atom. The van der Waals surface area contributed by atoms with Crippen molar-refractivity contribution in [3.63, 3.8) is 0 Å². The van der Waals surface area contributed by atoms with Crippen LogP contribution in [-0.4, -0.2) is 69.0 Å². The Balaban J connectivity index is 1.68. The van der Waals surface area contributed by atoms with E-state index in [2.05, 4.69) is 0 Å². The average molecular weight is 381 g/mol. The van der Waals surface area contributed by atoms with Crippen LogP contribution in [0, 0.1) is 5.92 Å². The highest BCUT2D eigenvalue weighted by atomic mass is 32.2. The summed E-state index contributed by atoms with van der Waals surface area (Å²) in [6, 6.07) is 6.34. The third-order valence-electron chi connectivity index (χ3n) is 5.28. The Hall–Kier alpha value is -1.48. The largest absolute Gasteiger partial charge is 0.378 e. The first-order chi connectivity index (χ1) is 12.4. The van der Waals surface area contributed by atoms with Gasteiger partial charge in [0.25, 0.3) is 5.91 Å². The standard InChI is InChI=1S/C18H27N3O4S/c1-14(19)15-6-8-21(9-7-15)26(23,24)17-4-2-16(3-5-17)18(22)20-10-12-25-13-11-20/h2-5,14-15H,6-13,19H2,1H3. The fraction of sp³-hybridized carbons (Fsp3) is 0.611. The summed E-state index contributed by atoms with van der Waals surface area (Å²) < 4.78 is 32.4. The molecule has 7 nitrogen and oxygen atoms in total. The summed E-state index contributed by atoms with van der Waals surface area (Å²) in [5.41, 5.74) is 6.43. The summed E-state index contributed by atoms with van der Waals surface area (Å²) in [7, 11) is -3.53. The molecule has 26 heavy (non-hydrogen) atoms. The van der Waals surface area contributed by atoms with E-state index < -0.39 is 10.0 Å². The minimum absolute atomic E-state index is 0.0880. The molecule has 2 saturated heterocycles. The van der Waals surface area contributed by atoms with Gasteiger partial charge in [0.1, 0.15) is 0 Å². The highest BCUT2D eigenvalue weighted by molar-refractivity contribution is 7.89. The fourth-order valence-corrected chi connectivity index (χ4v) is 4.98. The Morgan fingerprint density at radius 1 is 1.12 bits per heavy atom. The lowest BCUT2D eigenvalue weighted by molar-refractivity contribution is 0.0303. The molecule has 1 amide bonds. The van der Waals surface area contributed by atoms with Crippen molar-refractivity contribution in [2.45, 2.75) is 30.7 Å². The van der Waals surface area contributed by atoms with Gasteiger partial charge in [-0.3, -0.25) is 4.79 Å². The molecule has 1 unspecified atom stereocenters. The number of nitrogens with zero attached hydrogens (tertiary/aromatic N) is 2. The van der Waals surface area contributed by atoms with Crippen molar-refractivity contribution in [1.29, 1.82) is 0 Å². The first-order valence-electron chi connectivity index (χ1n) is 9.12. The van der Waals surface area contributed by atoms with E-state index in [9.17, 15) is 13.2 Å². The zero-order valence-electron chi connectivity index (χ0n) is 15.1. The van der Waals surface area contributed by atoms with E-state index in [1.165, 1.54) is 16.4 Å².